The lowest BCUT2D eigenvalue weighted by molar-refractivity contribution is 0.344. The fraction of sp³-hybridized carbons (Fsp3) is 0.471. The van der Waals surface area contributed by atoms with E-state index in [4.69, 9.17) is 14.2 Å². The average molecular weight is 414 g/mol. The van der Waals surface area contributed by atoms with E-state index in [1.165, 1.54) is 22.3 Å². The molecular formula is C17H23N3O5S2. The summed E-state index contributed by atoms with van der Waals surface area (Å²) < 4.78 is 45.8. The first-order chi connectivity index (χ1) is 12.8. The summed E-state index contributed by atoms with van der Waals surface area (Å²) in [7, 11) is 2.66. The second-order valence-electron chi connectivity index (χ2n) is 6.03. The van der Waals surface area contributed by atoms with E-state index in [-0.39, 0.29) is 5.03 Å². The predicted molar refractivity (Wildman–Crippen MR) is 103 cm³/mol. The van der Waals surface area contributed by atoms with Gasteiger partial charge < -0.3 is 18.8 Å². The van der Waals surface area contributed by atoms with Gasteiger partial charge in [-0.3, -0.25) is 0 Å². The van der Waals surface area contributed by atoms with Crippen molar-refractivity contribution in [1.29, 1.82) is 0 Å². The topological polar surface area (TPSA) is 82.9 Å². The van der Waals surface area contributed by atoms with Gasteiger partial charge in [-0.25, -0.2) is 13.4 Å². The smallest absolute Gasteiger partial charge is 0.263 e. The molecule has 1 unspecified atom stereocenters. The number of hydrogen-bond acceptors (Lipinski definition) is 7. The molecule has 1 saturated heterocycles. The molecule has 0 N–H and O–H groups in total. The molecule has 0 aliphatic carbocycles. The SMILES string of the molecule is COc1cc(OC)c(C2SCCN2S(=O)(=O)c2cn(C)c(C)n2)cc1OC. The van der Waals surface area contributed by atoms with Gasteiger partial charge in [-0.2, -0.15) is 4.31 Å². The molecule has 1 aromatic heterocycles. The van der Waals surface area contributed by atoms with Crippen LogP contribution in [0.15, 0.2) is 23.4 Å². The van der Waals surface area contributed by atoms with E-state index < -0.39 is 15.4 Å². The van der Waals surface area contributed by atoms with E-state index in [1.54, 1.807) is 52.0 Å². The summed E-state index contributed by atoms with van der Waals surface area (Å²) in [5, 5.41) is -0.387. The fourth-order valence-electron chi connectivity index (χ4n) is 2.96. The monoisotopic (exact) mass is 413 g/mol. The van der Waals surface area contributed by atoms with Crippen LogP contribution in [0.1, 0.15) is 16.8 Å². The summed E-state index contributed by atoms with van der Waals surface area (Å²) in [5.74, 6) is 2.90. The van der Waals surface area contributed by atoms with Gasteiger partial charge in [0, 0.05) is 37.2 Å². The Balaban J connectivity index is 2.06. The first-order valence-electron chi connectivity index (χ1n) is 8.26. The molecule has 0 bridgehead atoms. The molecule has 0 amide bonds. The van der Waals surface area contributed by atoms with Gasteiger partial charge in [0.05, 0.1) is 26.7 Å². The van der Waals surface area contributed by atoms with Crippen LogP contribution in [-0.2, 0) is 17.1 Å². The van der Waals surface area contributed by atoms with Crippen molar-refractivity contribution < 1.29 is 22.6 Å². The van der Waals surface area contributed by atoms with Gasteiger partial charge >= 0.3 is 0 Å². The molecule has 0 saturated carbocycles. The summed E-state index contributed by atoms with van der Waals surface area (Å²) in [6, 6.07) is 3.48. The minimum absolute atomic E-state index is 0.0504. The minimum Gasteiger partial charge on any atom is -0.496 e. The quantitative estimate of drug-likeness (QED) is 0.718. The summed E-state index contributed by atoms with van der Waals surface area (Å²) in [6.45, 7) is 2.16. The molecular weight excluding hydrogens is 390 g/mol. The predicted octanol–water partition coefficient (Wildman–Crippen LogP) is 2.19. The molecule has 0 radical (unpaired) electrons. The van der Waals surface area contributed by atoms with Crippen LogP contribution in [0.5, 0.6) is 17.2 Å². The molecule has 1 aromatic carbocycles. The van der Waals surface area contributed by atoms with Crippen molar-refractivity contribution in [2.24, 2.45) is 7.05 Å². The largest absolute Gasteiger partial charge is 0.496 e. The molecule has 0 spiro atoms. The third-order valence-electron chi connectivity index (χ3n) is 4.51. The number of benzene rings is 1. The molecule has 10 heteroatoms. The number of rotatable bonds is 6. The van der Waals surface area contributed by atoms with Crippen LogP contribution in [-0.4, -0.2) is 55.9 Å². The zero-order valence-corrected chi connectivity index (χ0v) is 17.6. The van der Waals surface area contributed by atoms with Gasteiger partial charge in [0.2, 0.25) is 0 Å². The Hall–Kier alpha value is -1.91. The Bertz CT molecular complexity index is 923. The summed E-state index contributed by atoms with van der Waals surface area (Å²) in [5.41, 5.74) is 0.717. The third kappa shape index (κ3) is 3.48. The van der Waals surface area contributed by atoms with Crippen molar-refractivity contribution in [2.45, 2.75) is 17.3 Å². The van der Waals surface area contributed by atoms with E-state index in [2.05, 4.69) is 4.98 Å². The highest BCUT2D eigenvalue weighted by Crippen LogP contribution is 2.47. The van der Waals surface area contributed by atoms with Crippen molar-refractivity contribution >= 4 is 21.8 Å². The molecule has 1 aliphatic heterocycles. The van der Waals surface area contributed by atoms with E-state index >= 15 is 0 Å². The average Bonchev–Trinajstić information content (AvgIpc) is 3.28. The maximum Gasteiger partial charge on any atom is 0.263 e. The van der Waals surface area contributed by atoms with Gasteiger partial charge in [-0.1, -0.05) is 0 Å². The van der Waals surface area contributed by atoms with Crippen LogP contribution in [0.2, 0.25) is 0 Å². The van der Waals surface area contributed by atoms with E-state index in [9.17, 15) is 8.42 Å². The number of thioether (sulfide) groups is 1. The van der Waals surface area contributed by atoms with Crippen molar-refractivity contribution in [3.05, 3.63) is 29.7 Å². The number of hydrogen-bond donors (Lipinski definition) is 0. The zero-order valence-electron chi connectivity index (χ0n) is 15.9. The second kappa shape index (κ2) is 7.61. The number of nitrogens with zero attached hydrogens (tertiary/aromatic N) is 3. The van der Waals surface area contributed by atoms with Crippen LogP contribution in [0.4, 0.5) is 0 Å². The van der Waals surface area contributed by atoms with Crippen LogP contribution in [0.25, 0.3) is 0 Å². The van der Waals surface area contributed by atoms with Gasteiger partial charge in [-0.05, 0) is 13.0 Å². The van der Waals surface area contributed by atoms with Gasteiger partial charge in [0.15, 0.2) is 16.5 Å². The molecule has 2 heterocycles. The maximum atomic E-state index is 13.2. The number of methoxy groups -OCH3 is 3. The lowest BCUT2D eigenvalue weighted by Gasteiger charge is -2.25. The summed E-state index contributed by atoms with van der Waals surface area (Å²) in [6.07, 6.45) is 1.54. The molecule has 2 aromatic rings. The molecule has 27 heavy (non-hydrogen) atoms. The van der Waals surface area contributed by atoms with Gasteiger partial charge in [0.25, 0.3) is 10.0 Å². The Kier molecular flexibility index (Phi) is 5.59. The van der Waals surface area contributed by atoms with Crippen molar-refractivity contribution in [1.82, 2.24) is 13.9 Å². The maximum absolute atomic E-state index is 13.2. The van der Waals surface area contributed by atoms with E-state index in [1.807, 2.05) is 0 Å². The third-order valence-corrected chi connectivity index (χ3v) is 7.62. The van der Waals surface area contributed by atoms with E-state index in [0.717, 1.165) is 0 Å². The van der Waals surface area contributed by atoms with Gasteiger partial charge in [0.1, 0.15) is 11.6 Å². The number of ether oxygens (including phenoxy) is 3. The second-order valence-corrected chi connectivity index (χ2v) is 9.05. The first-order valence-corrected chi connectivity index (χ1v) is 10.8. The van der Waals surface area contributed by atoms with Crippen molar-refractivity contribution in [2.75, 3.05) is 33.6 Å². The van der Waals surface area contributed by atoms with Crippen molar-refractivity contribution in [3.8, 4) is 17.2 Å². The van der Waals surface area contributed by atoms with Crippen LogP contribution < -0.4 is 14.2 Å². The van der Waals surface area contributed by atoms with Crippen LogP contribution >= 0.6 is 11.8 Å². The molecule has 8 nitrogen and oxygen atoms in total. The summed E-state index contributed by atoms with van der Waals surface area (Å²) >= 11 is 1.53. The number of imidazole rings is 1. The normalized spacial score (nSPS) is 17.9. The lowest BCUT2D eigenvalue weighted by atomic mass is 10.1. The highest BCUT2D eigenvalue weighted by molar-refractivity contribution is 8.01. The number of aryl methyl sites for hydroxylation is 2. The molecule has 1 aliphatic rings. The standard InChI is InChI=1S/C17H23N3O5S2/c1-11-18-16(10-19(11)2)27(21,22)20-6-7-26-17(20)12-8-14(24-4)15(25-5)9-13(12)23-3/h8-10,17H,6-7H2,1-5H3. The van der Waals surface area contributed by atoms with Crippen molar-refractivity contribution in [3.63, 3.8) is 0 Å². The minimum atomic E-state index is -3.74. The molecule has 1 fully saturated rings. The number of aromatic nitrogens is 2. The first kappa shape index (κ1) is 19.8. The zero-order chi connectivity index (χ0) is 19.8. The molecule has 3 rings (SSSR count). The highest BCUT2D eigenvalue weighted by Gasteiger charge is 2.40. The van der Waals surface area contributed by atoms with Crippen LogP contribution in [0.3, 0.4) is 0 Å². The highest BCUT2D eigenvalue weighted by atomic mass is 32.2. The van der Waals surface area contributed by atoms with E-state index in [0.29, 0.717) is 40.9 Å². The lowest BCUT2D eigenvalue weighted by Crippen LogP contribution is -2.31. The Morgan fingerprint density at radius 3 is 2.30 bits per heavy atom. The Morgan fingerprint density at radius 1 is 1.11 bits per heavy atom. The molecule has 1 atom stereocenters. The Morgan fingerprint density at radius 2 is 1.74 bits per heavy atom. The van der Waals surface area contributed by atoms with Crippen LogP contribution in [0, 0.1) is 6.92 Å². The fourth-order valence-corrected chi connectivity index (χ4v) is 6.24. The van der Waals surface area contributed by atoms with Gasteiger partial charge in [-0.15, -0.1) is 11.8 Å². The number of sulfonamides is 1. The Labute approximate surface area is 163 Å². The summed E-state index contributed by atoms with van der Waals surface area (Å²) in [4.78, 5) is 4.21. The molecule has 148 valence electrons.